The van der Waals surface area contributed by atoms with Crippen molar-refractivity contribution < 1.29 is 0 Å². The minimum Gasteiger partial charge on any atom is -0.265 e. The summed E-state index contributed by atoms with van der Waals surface area (Å²) in [7, 11) is 0. The van der Waals surface area contributed by atoms with Crippen LogP contribution in [0.2, 0.25) is 0 Å². The molecule has 0 spiro atoms. The summed E-state index contributed by atoms with van der Waals surface area (Å²) < 4.78 is 3.47. The molecule has 0 aliphatic rings. The van der Waals surface area contributed by atoms with E-state index in [-0.39, 0.29) is 0 Å². The molecule has 4 aromatic heterocycles. The van der Waals surface area contributed by atoms with Gasteiger partial charge < -0.3 is 0 Å². The highest BCUT2D eigenvalue weighted by atomic mass is 15.3. The summed E-state index contributed by atoms with van der Waals surface area (Å²) in [5.74, 6) is 1.48. The Labute approximate surface area is 126 Å². The Bertz CT molecular complexity index is 814. The molecule has 0 aliphatic heterocycles. The molecule has 0 unspecified atom stereocenters. The molecule has 0 saturated carbocycles. The van der Waals surface area contributed by atoms with Gasteiger partial charge in [-0.05, 0) is 47.5 Å². The van der Waals surface area contributed by atoms with Crippen LogP contribution in [0.15, 0.2) is 73.6 Å². The highest BCUT2D eigenvalue weighted by Crippen LogP contribution is 2.23. The summed E-state index contributed by atoms with van der Waals surface area (Å²) in [6.45, 7) is 0. The molecule has 0 saturated heterocycles. The molecule has 22 heavy (non-hydrogen) atoms. The summed E-state index contributed by atoms with van der Waals surface area (Å²) in [4.78, 5) is 8.69. The minimum atomic E-state index is 0.741. The molecule has 0 aliphatic carbocycles. The van der Waals surface area contributed by atoms with Gasteiger partial charge in [-0.1, -0.05) is 0 Å². The second-order valence-corrected chi connectivity index (χ2v) is 4.71. The molecule has 106 valence electrons. The molecular weight excluding hydrogens is 276 g/mol. The molecule has 4 aromatic rings. The monoisotopic (exact) mass is 288 g/mol. The van der Waals surface area contributed by atoms with Crippen LogP contribution in [0, 0.1) is 0 Å². The van der Waals surface area contributed by atoms with Crippen molar-refractivity contribution in [1.82, 2.24) is 29.5 Å². The van der Waals surface area contributed by atoms with Gasteiger partial charge in [0.25, 0.3) is 0 Å². The summed E-state index contributed by atoms with van der Waals surface area (Å²) in [5.41, 5.74) is 2.10. The summed E-state index contributed by atoms with van der Waals surface area (Å²) in [6.07, 6.45) is 10.7. The van der Waals surface area contributed by atoms with Crippen molar-refractivity contribution in [3.63, 3.8) is 0 Å². The van der Waals surface area contributed by atoms with Gasteiger partial charge in [0.15, 0.2) is 11.6 Å². The van der Waals surface area contributed by atoms with Gasteiger partial charge in [0.1, 0.15) is 0 Å². The van der Waals surface area contributed by atoms with E-state index in [1.807, 2.05) is 48.8 Å². The van der Waals surface area contributed by atoms with E-state index in [4.69, 9.17) is 0 Å². The van der Waals surface area contributed by atoms with E-state index in [1.165, 1.54) is 0 Å². The second-order valence-electron chi connectivity index (χ2n) is 4.71. The molecule has 4 rings (SSSR count). The lowest BCUT2D eigenvalue weighted by Crippen LogP contribution is -2.04. The van der Waals surface area contributed by atoms with Crippen LogP contribution < -0.4 is 0 Å². The fraction of sp³-hybridized carbons (Fsp3) is 0. The van der Waals surface area contributed by atoms with Crippen LogP contribution >= 0.6 is 0 Å². The lowest BCUT2D eigenvalue weighted by atomic mass is 10.1. The van der Waals surface area contributed by atoms with Gasteiger partial charge in [-0.3, -0.25) is 4.98 Å². The van der Waals surface area contributed by atoms with Gasteiger partial charge in [-0.15, -0.1) is 0 Å². The molecule has 0 fully saturated rings. The first-order chi connectivity index (χ1) is 10.9. The van der Waals surface area contributed by atoms with Crippen molar-refractivity contribution in [3.8, 4) is 22.8 Å². The molecule has 0 amide bonds. The van der Waals surface area contributed by atoms with E-state index in [2.05, 4.69) is 20.2 Å². The number of hydrogen-bond acceptors (Lipinski definition) is 4. The average molecular weight is 288 g/mol. The highest BCUT2D eigenvalue weighted by molar-refractivity contribution is 5.66. The van der Waals surface area contributed by atoms with Crippen LogP contribution in [0.25, 0.3) is 22.8 Å². The summed E-state index contributed by atoms with van der Waals surface area (Å²) >= 11 is 0. The predicted octanol–water partition coefficient (Wildman–Crippen LogP) is 2.51. The molecular formula is C16H12N6. The number of hydrogen-bond donors (Lipinski definition) is 0. The van der Waals surface area contributed by atoms with Crippen molar-refractivity contribution in [1.29, 1.82) is 0 Å². The van der Waals surface area contributed by atoms with Crippen molar-refractivity contribution in [2.24, 2.45) is 0 Å². The Morgan fingerprint density at radius 3 is 1.77 bits per heavy atom. The van der Waals surface area contributed by atoms with E-state index in [0.717, 1.165) is 22.8 Å². The van der Waals surface area contributed by atoms with Crippen molar-refractivity contribution >= 4 is 0 Å². The maximum absolute atomic E-state index is 4.63. The zero-order chi connectivity index (χ0) is 14.8. The standard InChI is InChI=1S/C16H12N6/c1-5-18-21(9-1)15-11-14(13-3-7-17-8-4-13)12-16(20-15)22-10-2-6-19-22/h1-12H. The van der Waals surface area contributed by atoms with Gasteiger partial charge in [0.05, 0.1) is 0 Å². The van der Waals surface area contributed by atoms with E-state index < -0.39 is 0 Å². The van der Waals surface area contributed by atoms with Crippen molar-refractivity contribution in [2.75, 3.05) is 0 Å². The molecule has 4 heterocycles. The topological polar surface area (TPSA) is 61.4 Å². The lowest BCUT2D eigenvalue weighted by molar-refractivity contribution is 0.804. The van der Waals surface area contributed by atoms with Gasteiger partial charge in [-0.2, -0.15) is 10.2 Å². The SMILES string of the molecule is c1cnn(-c2cc(-c3ccncc3)cc(-n3cccn3)n2)c1. The second kappa shape index (κ2) is 5.25. The minimum absolute atomic E-state index is 0.741. The molecule has 0 atom stereocenters. The smallest absolute Gasteiger partial charge is 0.156 e. The van der Waals surface area contributed by atoms with Crippen molar-refractivity contribution in [3.05, 3.63) is 73.6 Å². The quantitative estimate of drug-likeness (QED) is 0.581. The number of nitrogens with zero attached hydrogens (tertiary/aromatic N) is 6. The summed E-state index contributed by atoms with van der Waals surface area (Å²) in [6, 6.07) is 11.7. The van der Waals surface area contributed by atoms with Crippen LogP contribution in [-0.2, 0) is 0 Å². The third-order valence-electron chi connectivity index (χ3n) is 3.29. The third kappa shape index (κ3) is 2.26. The normalized spacial score (nSPS) is 10.7. The Hall–Kier alpha value is -3.28. The molecule has 6 heteroatoms. The molecule has 0 bridgehead atoms. The molecule has 0 aromatic carbocycles. The maximum Gasteiger partial charge on any atom is 0.156 e. The lowest BCUT2D eigenvalue weighted by Gasteiger charge is -2.09. The largest absolute Gasteiger partial charge is 0.265 e. The number of pyridine rings is 2. The fourth-order valence-corrected chi connectivity index (χ4v) is 2.26. The first-order valence-corrected chi connectivity index (χ1v) is 6.83. The van der Waals surface area contributed by atoms with Gasteiger partial charge >= 0.3 is 0 Å². The van der Waals surface area contributed by atoms with Crippen LogP contribution in [0.4, 0.5) is 0 Å². The van der Waals surface area contributed by atoms with Crippen LogP contribution in [0.1, 0.15) is 0 Å². The third-order valence-corrected chi connectivity index (χ3v) is 3.29. The van der Waals surface area contributed by atoms with E-state index in [9.17, 15) is 0 Å². The van der Waals surface area contributed by atoms with Crippen molar-refractivity contribution in [2.45, 2.75) is 0 Å². The Balaban J connectivity index is 1.91. The molecule has 0 N–H and O–H groups in total. The number of rotatable bonds is 3. The van der Waals surface area contributed by atoms with Gasteiger partial charge in [0.2, 0.25) is 0 Å². The Morgan fingerprint density at radius 1 is 0.682 bits per heavy atom. The zero-order valence-electron chi connectivity index (χ0n) is 11.6. The summed E-state index contributed by atoms with van der Waals surface area (Å²) in [5, 5.41) is 8.51. The van der Waals surface area contributed by atoms with E-state index in [1.54, 1.807) is 34.2 Å². The Morgan fingerprint density at radius 2 is 1.27 bits per heavy atom. The average Bonchev–Trinajstić information content (AvgIpc) is 3.29. The molecule has 0 radical (unpaired) electrons. The fourth-order valence-electron chi connectivity index (χ4n) is 2.26. The highest BCUT2D eigenvalue weighted by Gasteiger charge is 2.08. The van der Waals surface area contributed by atoms with Crippen LogP contribution in [-0.4, -0.2) is 29.5 Å². The van der Waals surface area contributed by atoms with E-state index >= 15 is 0 Å². The van der Waals surface area contributed by atoms with Gasteiger partial charge in [-0.25, -0.2) is 14.3 Å². The zero-order valence-corrected chi connectivity index (χ0v) is 11.6. The predicted molar refractivity (Wildman–Crippen MR) is 81.7 cm³/mol. The van der Waals surface area contributed by atoms with Gasteiger partial charge in [0, 0.05) is 37.2 Å². The van der Waals surface area contributed by atoms with E-state index in [0.29, 0.717) is 0 Å². The number of aromatic nitrogens is 6. The van der Waals surface area contributed by atoms with Crippen LogP contribution in [0.5, 0.6) is 0 Å². The Kier molecular flexibility index (Phi) is 2.97. The van der Waals surface area contributed by atoms with Crippen LogP contribution in [0.3, 0.4) is 0 Å². The first-order valence-electron chi connectivity index (χ1n) is 6.83. The first kappa shape index (κ1) is 12.5. The molecule has 6 nitrogen and oxygen atoms in total. The maximum atomic E-state index is 4.63.